The lowest BCUT2D eigenvalue weighted by atomic mass is 10.1. The smallest absolute Gasteiger partial charge is 0.317 e. The molecule has 0 aromatic rings. The molecule has 0 aliphatic heterocycles. The van der Waals surface area contributed by atoms with Gasteiger partial charge in [0.15, 0.2) is 0 Å². The topological polar surface area (TPSA) is 56.1 Å². The quantitative estimate of drug-likeness (QED) is 0.665. The van der Waals surface area contributed by atoms with Crippen molar-refractivity contribution < 1.29 is 4.79 Å². The molecule has 4 heteroatoms. The van der Waals surface area contributed by atoms with Crippen LogP contribution in [0.25, 0.3) is 0 Å². The third-order valence-electron chi connectivity index (χ3n) is 1.49. The Labute approximate surface area is 73.2 Å². The first-order valence-electron chi connectivity index (χ1n) is 3.86. The Morgan fingerprint density at radius 3 is 2.25 bits per heavy atom. The normalized spacial score (nSPS) is 12.0. The van der Waals surface area contributed by atoms with Crippen LogP contribution in [0, 0.1) is 17.2 Å². The fraction of sp³-hybridized carbons (Fsp3) is 0.750. The van der Waals surface area contributed by atoms with Crippen LogP contribution in [0.4, 0.5) is 4.79 Å². The lowest BCUT2D eigenvalue weighted by molar-refractivity contribution is 0.213. The molecule has 4 nitrogen and oxygen atoms in total. The zero-order valence-electron chi connectivity index (χ0n) is 7.96. The van der Waals surface area contributed by atoms with Crippen molar-refractivity contribution in [3.63, 3.8) is 0 Å². The number of hydrogen-bond acceptors (Lipinski definition) is 2. The molecule has 12 heavy (non-hydrogen) atoms. The summed E-state index contributed by atoms with van der Waals surface area (Å²) >= 11 is 0. The fourth-order valence-corrected chi connectivity index (χ4v) is 0.610. The van der Waals surface area contributed by atoms with Crippen molar-refractivity contribution in [2.24, 2.45) is 5.92 Å². The maximum atomic E-state index is 11.1. The number of nitrogens with zero attached hydrogens (tertiary/aromatic N) is 2. The van der Waals surface area contributed by atoms with Gasteiger partial charge in [-0.2, -0.15) is 5.26 Å². The van der Waals surface area contributed by atoms with E-state index < -0.39 is 6.04 Å². The largest absolute Gasteiger partial charge is 0.331 e. The summed E-state index contributed by atoms with van der Waals surface area (Å²) in [6, 6.07) is 1.40. The Morgan fingerprint density at radius 2 is 2.00 bits per heavy atom. The van der Waals surface area contributed by atoms with Gasteiger partial charge in [0.25, 0.3) is 0 Å². The van der Waals surface area contributed by atoms with Crippen molar-refractivity contribution in [3.05, 3.63) is 0 Å². The third kappa shape index (κ3) is 3.24. The summed E-state index contributed by atoms with van der Waals surface area (Å²) in [5.41, 5.74) is 0. The van der Waals surface area contributed by atoms with Crippen molar-refractivity contribution in [1.82, 2.24) is 10.2 Å². The van der Waals surface area contributed by atoms with Crippen molar-refractivity contribution in [2.75, 3.05) is 14.1 Å². The highest BCUT2D eigenvalue weighted by Gasteiger charge is 2.15. The van der Waals surface area contributed by atoms with E-state index in [1.165, 1.54) is 4.90 Å². The van der Waals surface area contributed by atoms with Crippen LogP contribution in [-0.2, 0) is 0 Å². The maximum absolute atomic E-state index is 11.1. The van der Waals surface area contributed by atoms with Crippen LogP contribution in [0.5, 0.6) is 0 Å². The van der Waals surface area contributed by atoms with Crippen LogP contribution in [0.3, 0.4) is 0 Å². The molecule has 0 radical (unpaired) electrons. The van der Waals surface area contributed by atoms with Crippen molar-refractivity contribution >= 4 is 6.03 Å². The summed E-state index contributed by atoms with van der Waals surface area (Å²) in [5.74, 6) is 0.138. The van der Waals surface area contributed by atoms with Gasteiger partial charge in [-0.1, -0.05) is 13.8 Å². The molecular formula is C8H15N3O. The standard InChI is InChI=1S/C8H15N3O/c1-6(2)7(5-9)10-8(12)11(3)4/h6-7H,1-4H3,(H,10,12). The minimum Gasteiger partial charge on any atom is -0.331 e. The van der Waals surface area contributed by atoms with E-state index in [1.807, 2.05) is 19.9 Å². The minimum absolute atomic E-state index is 0.138. The SMILES string of the molecule is CC(C)C(C#N)NC(=O)N(C)C. The number of carbonyl (C=O) groups is 1. The first kappa shape index (κ1) is 10.8. The highest BCUT2D eigenvalue weighted by Crippen LogP contribution is 1.99. The summed E-state index contributed by atoms with van der Waals surface area (Å²) in [6.45, 7) is 3.79. The van der Waals surface area contributed by atoms with Gasteiger partial charge in [0.05, 0.1) is 6.07 Å². The van der Waals surface area contributed by atoms with Gasteiger partial charge < -0.3 is 10.2 Å². The monoisotopic (exact) mass is 169 g/mol. The first-order valence-corrected chi connectivity index (χ1v) is 3.86. The van der Waals surface area contributed by atoms with E-state index in [9.17, 15) is 4.79 Å². The predicted molar refractivity (Wildman–Crippen MR) is 46.5 cm³/mol. The molecule has 0 aromatic carbocycles. The molecule has 0 bridgehead atoms. The van der Waals surface area contributed by atoms with Crippen LogP contribution in [0.1, 0.15) is 13.8 Å². The number of amides is 2. The van der Waals surface area contributed by atoms with Crippen LogP contribution in [-0.4, -0.2) is 31.1 Å². The minimum atomic E-state index is -0.403. The summed E-state index contributed by atoms with van der Waals surface area (Å²) in [6.07, 6.45) is 0. The second-order valence-corrected chi connectivity index (χ2v) is 3.19. The van der Waals surface area contributed by atoms with Crippen LogP contribution >= 0.6 is 0 Å². The van der Waals surface area contributed by atoms with Crippen LogP contribution in [0.2, 0.25) is 0 Å². The lowest BCUT2D eigenvalue weighted by Crippen LogP contribution is -2.43. The summed E-state index contributed by atoms with van der Waals surface area (Å²) in [5, 5.41) is 11.2. The molecule has 1 unspecified atom stereocenters. The van der Waals surface area contributed by atoms with E-state index in [0.717, 1.165) is 0 Å². The highest BCUT2D eigenvalue weighted by atomic mass is 16.2. The number of rotatable bonds is 2. The molecule has 0 heterocycles. The van der Waals surface area contributed by atoms with Gasteiger partial charge in [0, 0.05) is 14.1 Å². The van der Waals surface area contributed by atoms with Gasteiger partial charge in [-0.25, -0.2) is 4.79 Å². The molecule has 0 aliphatic carbocycles. The molecule has 1 atom stereocenters. The predicted octanol–water partition coefficient (Wildman–Crippen LogP) is 0.806. The molecule has 0 saturated heterocycles. The van der Waals surface area contributed by atoms with Gasteiger partial charge >= 0.3 is 6.03 Å². The Balaban J connectivity index is 4.06. The fourth-order valence-electron chi connectivity index (χ4n) is 0.610. The maximum Gasteiger partial charge on any atom is 0.317 e. The number of nitriles is 1. The average Bonchev–Trinajstić information content (AvgIpc) is 1.98. The van der Waals surface area contributed by atoms with Gasteiger partial charge in [-0.15, -0.1) is 0 Å². The third-order valence-corrected chi connectivity index (χ3v) is 1.49. The Morgan fingerprint density at radius 1 is 1.50 bits per heavy atom. The number of carbonyl (C=O) groups excluding carboxylic acids is 1. The highest BCUT2D eigenvalue weighted by molar-refractivity contribution is 5.74. The van der Waals surface area contributed by atoms with E-state index in [4.69, 9.17) is 5.26 Å². The number of nitrogens with one attached hydrogen (secondary N) is 1. The first-order chi connectivity index (χ1) is 5.49. The number of hydrogen-bond donors (Lipinski definition) is 1. The van der Waals surface area contributed by atoms with Crippen molar-refractivity contribution in [1.29, 1.82) is 5.26 Å². The number of urea groups is 1. The summed E-state index contributed by atoms with van der Waals surface area (Å²) in [7, 11) is 3.29. The molecule has 1 N–H and O–H groups in total. The van der Waals surface area contributed by atoms with Crippen LogP contribution < -0.4 is 5.32 Å². The summed E-state index contributed by atoms with van der Waals surface area (Å²) in [4.78, 5) is 12.5. The summed E-state index contributed by atoms with van der Waals surface area (Å²) < 4.78 is 0. The van der Waals surface area contributed by atoms with E-state index in [-0.39, 0.29) is 11.9 Å². The molecule has 0 saturated carbocycles. The second kappa shape index (κ2) is 4.60. The van der Waals surface area contributed by atoms with E-state index in [2.05, 4.69) is 5.32 Å². The van der Waals surface area contributed by atoms with Gasteiger partial charge in [0.2, 0.25) is 0 Å². The van der Waals surface area contributed by atoms with Gasteiger partial charge in [-0.05, 0) is 5.92 Å². The Hall–Kier alpha value is -1.24. The molecule has 0 spiro atoms. The van der Waals surface area contributed by atoms with E-state index in [0.29, 0.717) is 0 Å². The van der Waals surface area contributed by atoms with Crippen molar-refractivity contribution in [2.45, 2.75) is 19.9 Å². The lowest BCUT2D eigenvalue weighted by Gasteiger charge is -2.18. The molecule has 0 rings (SSSR count). The molecular weight excluding hydrogens is 154 g/mol. The average molecular weight is 169 g/mol. The Bertz CT molecular complexity index is 193. The van der Waals surface area contributed by atoms with Crippen molar-refractivity contribution in [3.8, 4) is 6.07 Å². The Kier molecular flexibility index (Phi) is 4.12. The van der Waals surface area contributed by atoms with E-state index >= 15 is 0 Å². The molecule has 2 amide bonds. The van der Waals surface area contributed by atoms with Gasteiger partial charge in [0.1, 0.15) is 6.04 Å². The molecule has 0 aliphatic rings. The second-order valence-electron chi connectivity index (χ2n) is 3.19. The zero-order chi connectivity index (χ0) is 9.72. The molecule has 0 aromatic heterocycles. The van der Waals surface area contributed by atoms with Gasteiger partial charge in [-0.3, -0.25) is 0 Å². The van der Waals surface area contributed by atoms with Crippen LogP contribution in [0.15, 0.2) is 0 Å². The zero-order valence-corrected chi connectivity index (χ0v) is 7.96. The molecule has 0 fully saturated rings. The van der Waals surface area contributed by atoms with E-state index in [1.54, 1.807) is 14.1 Å². The molecule has 68 valence electrons.